The first kappa shape index (κ1) is 15.3. The molecule has 1 aromatic rings. The first-order valence-electron chi connectivity index (χ1n) is 7.15. The van der Waals surface area contributed by atoms with Crippen molar-refractivity contribution >= 4 is 17.7 Å². The summed E-state index contributed by atoms with van der Waals surface area (Å²) in [5, 5.41) is 9.84. The van der Waals surface area contributed by atoms with Crippen molar-refractivity contribution in [2.75, 3.05) is 25.1 Å². The molecule has 2 N–H and O–H groups in total. The van der Waals surface area contributed by atoms with Crippen molar-refractivity contribution in [3.8, 4) is 0 Å². The van der Waals surface area contributed by atoms with Crippen LogP contribution in [0.25, 0.3) is 0 Å². The SMILES string of the molecule is CSCCCCCNC(=O)c1noc(C2CCCN2)n1. The summed E-state index contributed by atoms with van der Waals surface area (Å²) < 4.78 is 5.14. The van der Waals surface area contributed by atoms with Crippen LogP contribution in [0.4, 0.5) is 0 Å². The first-order valence-corrected chi connectivity index (χ1v) is 8.55. The summed E-state index contributed by atoms with van der Waals surface area (Å²) in [7, 11) is 0. The van der Waals surface area contributed by atoms with Gasteiger partial charge in [-0.2, -0.15) is 16.7 Å². The zero-order valence-corrected chi connectivity index (χ0v) is 12.7. The largest absolute Gasteiger partial charge is 0.349 e. The molecule has 1 unspecified atom stereocenters. The van der Waals surface area contributed by atoms with E-state index in [1.165, 1.54) is 12.2 Å². The number of rotatable bonds is 8. The molecule has 2 rings (SSSR count). The number of carbonyl (C=O) groups is 1. The van der Waals surface area contributed by atoms with Gasteiger partial charge in [0.25, 0.3) is 11.7 Å². The minimum absolute atomic E-state index is 0.107. The number of nitrogens with zero attached hydrogens (tertiary/aromatic N) is 2. The van der Waals surface area contributed by atoms with E-state index in [1.54, 1.807) is 0 Å². The molecule has 1 aromatic heterocycles. The summed E-state index contributed by atoms with van der Waals surface area (Å²) in [6, 6.07) is 0.107. The lowest BCUT2D eigenvalue weighted by molar-refractivity contribution is 0.0939. The van der Waals surface area contributed by atoms with Gasteiger partial charge in [-0.3, -0.25) is 4.79 Å². The van der Waals surface area contributed by atoms with E-state index < -0.39 is 0 Å². The fourth-order valence-corrected chi connectivity index (χ4v) is 2.69. The number of aromatic nitrogens is 2. The van der Waals surface area contributed by atoms with Crippen molar-refractivity contribution < 1.29 is 9.32 Å². The van der Waals surface area contributed by atoms with Gasteiger partial charge in [0.15, 0.2) is 0 Å². The van der Waals surface area contributed by atoms with Crippen LogP contribution >= 0.6 is 11.8 Å². The summed E-state index contributed by atoms with van der Waals surface area (Å²) in [4.78, 5) is 16.0. The monoisotopic (exact) mass is 298 g/mol. The molecular formula is C13H22N4O2S. The van der Waals surface area contributed by atoms with Gasteiger partial charge in [0, 0.05) is 6.54 Å². The second kappa shape index (κ2) is 8.26. The third kappa shape index (κ3) is 4.49. The van der Waals surface area contributed by atoms with E-state index in [0.717, 1.165) is 32.2 Å². The number of amides is 1. The molecule has 7 heteroatoms. The van der Waals surface area contributed by atoms with E-state index in [9.17, 15) is 4.79 Å². The normalized spacial score (nSPS) is 18.4. The molecule has 0 radical (unpaired) electrons. The van der Waals surface area contributed by atoms with Gasteiger partial charge in [-0.1, -0.05) is 11.6 Å². The average molecular weight is 298 g/mol. The number of carbonyl (C=O) groups excluding carboxylic acids is 1. The third-order valence-corrected chi connectivity index (χ3v) is 4.01. The standard InChI is InChI=1S/C13H22N4O2S/c1-20-9-4-2-3-7-15-12(18)11-16-13(19-17-11)10-6-5-8-14-10/h10,14H,2-9H2,1H3,(H,15,18). The Morgan fingerprint density at radius 2 is 2.40 bits per heavy atom. The fraction of sp³-hybridized carbons (Fsp3) is 0.769. The van der Waals surface area contributed by atoms with E-state index in [4.69, 9.17) is 4.52 Å². The zero-order valence-electron chi connectivity index (χ0n) is 11.9. The molecule has 1 saturated heterocycles. The Morgan fingerprint density at radius 3 is 3.15 bits per heavy atom. The minimum Gasteiger partial charge on any atom is -0.349 e. The molecule has 0 spiro atoms. The molecule has 6 nitrogen and oxygen atoms in total. The van der Waals surface area contributed by atoms with Crippen LogP contribution in [0.2, 0.25) is 0 Å². The third-order valence-electron chi connectivity index (χ3n) is 3.31. The van der Waals surface area contributed by atoms with Gasteiger partial charge in [-0.15, -0.1) is 0 Å². The quantitative estimate of drug-likeness (QED) is 0.712. The lowest BCUT2D eigenvalue weighted by Crippen LogP contribution is -2.25. The molecule has 1 amide bonds. The lowest BCUT2D eigenvalue weighted by Gasteiger charge is -2.02. The molecule has 0 saturated carbocycles. The van der Waals surface area contributed by atoms with E-state index in [1.807, 2.05) is 11.8 Å². The van der Waals surface area contributed by atoms with E-state index in [2.05, 4.69) is 27.0 Å². The van der Waals surface area contributed by atoms with Gasteiger partial charge >= 0.3 is 0 Å². The van der Waals surface area contributed by atoms with Gasteiger partial charge in [0.1, 0.15) is 0 Å². The van der Waals surface area contributed by atoms with Gasteiger partial charge < -0.3 is 15.2 Å². The molecule has 1 atom stereocenters. The van der Waals surface area contributed by atoms with Crippen molar-refractivity contribution in [3.63, 3.8) is 0 Å². The number of nitrogens with one attached hydrogen (secondary N) is 2. The summed E-state index contributed by atoms with van der Waals surface area (Å²) in [5.74, 6) is 1.59. The first-order chi connectivity index (χ1) is 9.81. The lowest BCUT2D eigenvalue weighted by atomic mass is 10.2. The summed E-state index contributed by atoms with van der Waals surface area (Å²) in [6.45, 7) is 1.63. The molecule has 1 fully saturated rings. The maximum Gasteiger partial charge on any atom is 0.292 e. The van der Waals surface area contributed by atoms with Crippen molar-refractivity contribution in [2.24, 2.45) is 0 Å². The minimum atomic E-state index is -0.247. The molecule has 0 aromatic carbocycles. The number of hydrogen-bond acceptors (Lipinski definition) is 6. The summed E-state index contributed by atoms with van der Waals surface area (Å²) in [5.41, 5.74) is 0. The van der Waals surface area contributed by atoms with Crippen LogP contribution in [-0.4, -0.2) is 41.1 Å². The van der Waals surface area contributed by atoms with Crippen molar-refractivity contribution in [1.82, 2.24) is 20.8 Å². The van der Waals surface area contributed by atoms with Crippen molar-refractivity contribution in [1.29, 1.82) is 0 Å². The van der Waals surface area contributed by atoms with Crippen molar-refractivity contribution in [3.05, 3.63) is 11.7 Å². The van der Waals surface area contributed by atoms with Crippen LogP contribution in [0.5, 0.6) is 0 Å². The zero-order chi connectivity index (χ0) is 14.2. The topological polar surface area (TPSA) is 80.0 Å². The van der Waals surface area contributed by atoms with Gasteiger partial charge in [-0.25, -0.2) is 0 Å². The Kier molecular flexibility index (Phi) is 6.32. The highest BCUT2D eigenvalue weighted by Gasteiger charge is 2.24. The van der Waals surface area contributed by atoms with Crippen molar-refractivity contribution in [2.45, 2.75) is 38.1 Å². The van der Waals surface area contributed by atoms with Crippen LogP contribution in [0.1, 0.15) is 54.7 Å². The molecule has 20 heavy (non-hydrogen) atoms. The van der Waals surface area contributed by atoms with Gasteiger partial charge in [-0.05, 0) is 44.2 Å². The number of hydrogen-bond donors (Lipinski definition) is 2. The Balaban J connectivity index is 1.69. The number of unbranched alkanes of at least 4 members (excludes halogenated alkanes) is 2. The second-order valence-corrected chi connectivity index (χ2v) is 5.90. The van der Waals surface area contributed by atoms with Gasteiger partial charge in [0.2, 0.25) is 5.89 Å². The predicted octanol–water partition coefficient (Wildman–Crippen LogP) is 1.76. The highest BCUT2D eigenvalue weighted by Crippen LogP contribution is 2.20. The van der Waals surface area contributed by atoms with Crippen LogP contribution in [0, 0.1) is 0 Å². The van der Waals surface area contributed by atoms with E-state index in [0.29, 0.717) is 12.4 Å². The van der Waals surface area contributed by atoms with E-state index >= 15 is 0 Å². The van der Waals surface area contributed by atoms with Crippen LogP contribution in [0.3, 0.4) is 0 Å². The number of thioether (sulfide) groups is 1. The average Bonchev–Trinajstić information content (AvgIpc) is 3.12. The fourth-order valence-electron chi connectivity index (χ4n) is 2.19. The predicted molar refractivity (Wildman–Crippen MR) is 78.8 cm³/mol. The maximum atomic E-state index is 11.8. The second-order valence-electron chi connectivity index (χ2n) is 4.91. The van der Waals surface area contributed by atoms with E-state index in [-0.39, 0.29) is 17.8 Å². The molecule has 1 aliphatic heterocycles. The Labute approximate surface area is 123 Å². The molecule has 112 valence electrons. The maximum absolute atomic E-state index is 11.8. The molecule has 1 aliphatic rings. The van der Waals surface area contributed by atoms with Gasteiger partial charge in [0.05, 0.1) is 6.04 Å². The highest BCUT2D eigenvalue weighted by molar-refractivity contribution is 7.98. The summed E-state index contributed by atoms with van der Waals surface area (Å²) in [6.07, 6.45) is 7.50. The Bertz CT molecular complexity index is 418. The Morgan fingerprint density at radius 1 is 1.50 bits per heavy atom. The summed E-state index contributed by atoms with van der Waals surface area (Å²) >= 11 is 1.85. The molecule has 2 heterocycles. The smallest absolute Gasteiger partial charge is 0.292 e. The van der Waals surface area contributed by atoms with Crippen LogP contribution < -0.4 is 10.6 Å². The molecular weight excluding hydrogens is 276 g/mol. The molecule has 0 aliphatic carbocycles. The highest BCUT2D eigenvalue weighted by atomic mass is 32.2. The molecule has 0 bridgehead atoms. The van der Waals surface area contributed by atoms with Crippen LogP contribution in [-0.2, 0) is 0 Å². The van der Waals surface area contributed by atoms with Crippen LogP contribution in [0.15, 0.2) is 4.52 Å². The Hall–Kier alpha value is -1.08.